The third-order valence-corrected chi connectivity index (χ3v) is 6.17. The lowest BCUT2D eigenvalue weighted by molar-refractivity contribution is -0.121. The molecule has 0 radical (unpaired) electrons. The Labute approximate surface area is 213 Å². The number of aromatic nitrogens is 3. The van der Waals surface area contributed by atoms with E-state index in [4.69, 9.17) is 15.5 Å². The number of rotatable bonds is 12. The summed E-state index contributed by atoms with van der Waals surface area (Å²) in [6.07, 6.45) is 3.90. The van der Waals surface area contributed by atoms with Crippen LogP contribution in [0.25, 0.3) is 21.9 Å². The fourth-order valence-corrected chi connectivity index (χ4v) is 4.48. The van der Waals surface area contributed by atoms with E-state index in [1.807, 2.05) is 42.5 Å². The molecule has 0 fully saturated rings. The first kappa shape index (κ1) is 25.5. The number of nitrogens with two attached hydrogens (primary N) is 1. The number of hydrogen-bond acceptors (Lipinski definition) is 5. The van der Waals surface area contributed by atoms with E-state index in [9.17, 15) is 4.79 Å². The van der Waals surface area contributed by atoms with E-state index < -0.39 is 0 Å². The Hall–Kier alpha value is -3.61. The second-order valence-electron chi connectivity index (χ2n) is 9.69. The Morgan fingerprint density at radius 2 is 1.92 bits per heavy atom. The summed E-state index contributed by atoms with van der Waals surface area (Å²) in [6, 6.07) is 16.0. The summed E-state index contributed by atoms with van der Waals surface area (Å²) in [6.45, 7) is 8.58. The monoisotopic (exact) mass is 487 g/mol. The van der Waals surface area contributed by atoms with Crippen molar-refractivity contribution in [3.63, 3.8) is 0 Å². The van der Waals surface area contributed by atoms with Crippen LogP contribution in [0.15, 0.2) is 48.5 Å². The third kappa shape index (κ3) is 6.14. The van der Waals surface area contributed by atoms with Crippen LogP contribution < -0.4 is 15.8 Å². The van der Waals surface area contributed by atoms with Gasteiger partial charge in [-0.2, -0.15) is 0 Å². The molecule has 2 aromatic carbocycles. The Morgan fingerprint density at radius 1 is 1.11 bits per heavy atom. The molecule has 0 bridgehead atoms. The number of hydrogen-bond donors (Lipinski definition) is 2. The molecule has 190 valence electrons. The number of nitrogens with zero attached hydrogens (tertiary/aromatic N) is 3. The largest absolute Gasteiger partial charge is 0.493 e. The van der Waals surface area contributed by atoms with Crippen LogP contribution in [0.4, 0.5) is 5.82 Å². The summed E-state index contributed by atoms with van der Waals surface area (Å²) in [5.74, 6) is 2.81. The van der Waals surface area contributed by atoms with Crippen molar-refractivity contribution in [1.82, 2.24) is 19.9 Å². The standard InChI is InChI=1S/C29H37N5O2/c1-4-9-25-33-27-28(34(25)19-20(2)3)23-14-13-22(18-24(23)32-29(27)30)36-17-8-16-31-26(35)15-12-21-10-6-5-7-11-21/h5-7,10-11,13-14,18,20H,4,8-9,12,15-17,19H2,1-3H3,(H2,30,32)(H,31,35). The molecule has 36 heavy (non-hydrogen) atoms. The normalized spacial score (nSPS) is 11.4. The first-order valence-corrected chi connectivity index (χ1v) is 13.0. The van der Waals surface area contributed by atoms with E-state index in [1.54, 1.807) is 0 Å². The highest BCUT2D eigenvalue weighted by Crippen LogP contribution is 2.32. The van der Waals surface area contributed by atoms with Crippen molar-refractivity contribution in [3.05, 3.63) is 59.9 Å². The lowest BCUT2D eigenvalue weighted by Crippen LogP contribution is -2.25. The van der Waals surface area contributed by atoms with Gasteiger partial charge < -0.3 is 20.4 Å². The van der Waals surface area contributed by atoms with E-state index in [1.165, 1.54) is 5.56 Å². The zero-order chi connectivity index (χ0) is 25.5. The van der Waals surface area contributed by atoms with Crippen LogP contribution in [0.3, 0.4) is 0 Å². The van der Waals surface area contributed by atoms with E-state index in [0.29, 0.717) is 31.3 Å². The molecule has 0 aliphatic rings. The van der Waals surface area contributed by atoms with Crippen LogP contribution >= 0.6 is 0 Å². The molecule has 4 rings (SSSR count). The van der Waals surface area contributed by atoms with Gasteiger partial charge in [-0.25, -0.2) is 9.97 Å². The highest BCUT2D eigenvalue weighted by molar-refractivity contribution is 6.07. The molecule has 0 aliphatic carbocycles. The van der Waals surface area contributed by atoms with Gasteiger partial charge in [0.15, 0.2) is 5.82 Å². The predicted octanol–water partition coefficient (Wildman–Crippen LogP) is 5.29. The predicted molar refractivity (Wildman–Crippen MR) is 146 cm³/mol. The zero-order valence-corrected chi connectivity index (χ0v) is 21.6. The fourth-order valence-electron chi connectivity index (χ4n) is 4.48. The Bertz CT molecular complexity index is 1310. The Kier molecular flexibility index (Phi) is 8.41. The molecule has 2 aromatic heterocycles. The molecular formula is C29H37N5O2. The van der Waals surface area contributed by atoms with Crippen LogP contribution in [-0.2, 0) is 24.2 Å². The number of anilines is 1. The molecule has 2 heterocycles. The van der Waals surface area contributed by atoms with Crippen molar-refractivity contribution in [2.75, 3.05) is 18.9 Å². The van der Waals surface area contributed by atoms with Crippen LogP contribution in [0, 0.1) is 5.92 Å². The number of imidazole rings is 1. The summed E-state index contributed by atoms with van der Waals surface area (Å²) < 4.78 is 8.27. The molecule has 0 unspecified atom stereocenters. The number of aryl methyl sites for hydroxylation is 2. The smallest absolute Gasteiger partial charge is 0.220 e. The van der Waals surface area contributed by atoms with Crippen molar-refractivity contribution in [3.8, 4) is 5.75 Å². The van der Waals surface area contributed by atoms with Crippen LogP contribution in [-0.4, -0.2) is 33.6 Å². The second-order valence-corrected chi connectivity index (χ2v) is 9.69. The second kappa shape index (κ2) is 11.9. The van der Waals surface area contributed by atoms with Crippen molar-refractivity contribution in [2.24, 2.45) is 5.92 Å². The van der Waals surface area contributed by atoms with Crippen molar-refractivity contribution in [2.45, 2.75) is 59.4 Å². The zero-order valence-electron chi connectivity index (χ0n) is 21.6. The third-order valence-electron chi connectivity index (χ3n) is 6.17. The number of pyridine rings is 1. The summed E-state index contributed by atoms with van der Waals surface area (Å²) in [4.78, 5) is 21.6. The highest BCUT2D eigenvalue weighted by Gasteiger charge is 2.18. The van der Waals surface area contributed by atoms with Gasteiger partial charge in [0.05, 0.1) is 17.6 Å². The molecule has 0 aliphatic heterocycles. The van der Waals surface area contributed by atoms with E-state index in [-0.39, 0.29) is 5.91 Å². The van der Waals surface area contributed by atoms with Crippen LogP contribution in [0.2, 0.25) is 0 Å². The van der Waals surface area contributed by atoms with Gasteiger partial charge in [-0.3, -0.25) is 4.79 Å². The minimum absolute atomic E-state index is 0.0636. The van der Waals surface area contributed by atoms with Gasteiger partial charge in [0.25, 0.3) is 0 Å². The Balaban J connectivity index is 1.38. The molecule has 7 heteroatoms. The maximum absolute atomic E-state index is 12.1. The van der Waals surface area contributed by atoms with Gasteiger partial charge in [0, 0.05) is 37.4 Å². The van der Waals surface area contributed by atoms with Crippen molar-refractivity contribution >= 4 is 33.7 Å². The number of fused-ring (bicyclic) bond motifs is 3. The minimum atomic E-state index is 0.0636. The molecule has 4 aromatic rings. The molecule has 1 amide bonds. The van der Waals surface area contributed by atoms with Crippen molar-refractivity contribution < 1.29 is 9.53 Å². The lowest BCUT2D eigenvalue weighted by atomic mass is 10.1. The Morgan fingerprint density at radius 3 is 2.67 bits per heavy atom. The van der Waals surface area contributed by atoms with Gasteiger partial charge in [0.1, 0.15) is 17.1 Å². The number of benzene rings is 2. The van der Waals surface area contributed by atoms with Crippen LogP contribution in [0.5, 0.6) is 5.75 Å². The average Bonchev–Trinajstić information content (AvgIpc) is 3.21. The summed E-state index contributed by atoms with van der Waals surface area (Å²) in [7, 11) is 0. The molecular weight excluding hydrogens is 450 g/mol. The van der Waals surface area contributed by atoms with E-state index >= 15 is 0 Å². The lowest BCUT2D eigenvalue weighted by Gasteiger charge is -2.13. The molecule has 0 saturated carbocycles. The number of nitrogen functional groups attached to an aromatic ring is 1. The van der Waals surface area contributed by atoms with Gasteiger partial charge in [-0.1, -0.05) is 51.1 Å². The van der Waals surface area contributed by atoms with Gasteiger partial charge in [0.2, 0.25) is 5.91 Å². The van der Waals surface area contributed by atoms with E-state index in [2.05, 4.69) is 41.7 Å². The number of nitrogens with one attached hydrogen (secondary N) is 1. The molecule has 3 N–H and O–H groups in total. The maximum Gasteiger partial charge on any atom is 0.220 e. The van der Waals surface area contributed by atoms with Gasteiger partial charge in [-0.05, 0) is 42.9 Å². The van der Waals surface area contributed by atoms with Gasteiger partial charge in [-0.15, -0.1) is 0 Å². The number of carbonyl (C=O) groups excluding carboxylic acids is 1. The topological polar surface area (TPSA) is 95.1 Å². The fraction of sp³-hybridized carbons (Fsp3) is 0.414. The van der Waals surface area contributed by atoms with E-state index in [0.717, 1.165) is 65.7 Å². The summed E-state index contributed by atoms with van der Waals surface area (Å²) in [5.41, 5.74) is 10.2. The first-order chi connectivity index (χ1) is 17.5. The molecule has 7 nitrogen and oxygen atoms in total. The number of ether oxygens (including phenoxy) is 1. The highest BCUT2D eigenvalue weighted by atomic mass is 16.5. The number of amides is 1. The molecule has 0 spiro atoms. The first-order valence-electron chi connectivity index (χ1n) is 13.0. The summed E-state index contributed by atoms with van der Waals surface area (Å²) in [5, 5.41) is 4.01. The maximum atomic E-state index is 12.1. The molecule has 0 atom stereocenters. The molecule has 0 saturated heterocycles. The van der Waals surface area contributed by atoms with Crippen LogP contribution in [0.1, 0.15) is 51.4 Å². The number of carbonyl (C=O) groups is 1. The SMILES string of the molecule is CCCc1nc2c(N)nc3cc(OCCCNC(=O)CCc4ccccc4)ccc3c2n1CC(C)C. The minimum Gasteiger partial charge on any atom is -0.493 e. The summed E-state index contributed by atoms with van der Waals surface area (Å²) >= 11 is 0. The quantitative estimate of drug-likeness (QED) is 0.265. The van der Waals surface area contributed by atoms with Gasteiger partial charge >= 0.3 is 0 Å². The average molecular weight is 488 g/mol. The van der Waals surface area contributed by atoms with Crippen molar-refractivity contribution in [1.29, 1.82) is 0 Å².